The van der Waals surface area contributed by atoms with E-state index in [9.17, 15) is 4.79 Å². The highest BCUT2D eigenvalue weighted by Crippen LogP contribution is 2.24. The first-order chi connectivity index (χ1) is 12.6. The van der Waals surface area contributed by atoms with Gasteiger partial charge in [0, 0.05) is 25.7 Å². The molecule has 1 amide bonds. The third kappa shape index (κ3) is 5.23. The van der Waals surface area contributed by atoms with E-state index in [-0.39, 0.29) is 11.9 Å². The number of carbonyl (C=O) groups is 1. The zero-order chi connectivity index (χ0) is 18.4. The van der Waals surface area contributed by atoms with Crippen molar-refractivity contribution in [2.45, 2.75) is 38.5 Å². The number of likely N-dealkylation sites (tertiary alicyclic amines) is 1. The lowest BCUT2D eigenvalue weighted by molar-refractivity contribution is -0.128. The smallest absolute Gasteiger partial charge is 0.260 e. The molecule has 0 saturated carbocycles. The fraction of sp³-hybridized carbons (Fsp3) is 0.381. The van der Waals surface area contributed by atoms with Crippen LogP contribution < -0.4 is 10.1 Å². The van der Waals surface area contributed by atoms with Gasteiger partial charge in [0.25, 0.3) is 5.91 Å². The second-order valence-corrected chi connectivity index (χ2v) is 7.14. The number of piperidine rings is 1. The van der Waals surface area contributed by atoms with Crippen LogP contribution in [0.4, 0.5) is 0 Å². The number of carbonyl (C=O) groups excluding carboxylic acids is 1. The Morgan fingerprint density at radius 3 is 2.50 bits per heavy atom. The predicted molar refractivity (Wildman–Crippen MR) is 104 cm³/mol. The van der Waals surface area contributed by atoms with Crippen LogP contribution in [0, 0.1) is 0 Å². The first-order valence-electron chi connectivity index (χ1n) is 9.09. The number of halogens is 1. The number of rotatable bonds is 6. The van der Waals surface area contributed by atoms with Crippen LogP contribution in [0.1, 0.15) is 25.3 Å². The number of ether oxygens (including phenoxy) is 1. The summed E-state index contributed by atoms with van der Waals surface area (Å²) in [6.45, 7) is 4.69. The standard InChI is InChI=1S/C21H25ClN2O2/c1-16(26-20-10-6-5-9-19(20)22)21(25)23-18-11-13-24(14-12-18)15-17-7-3-2-4-8-17/h2-10,16,18H,11-15H2,1H3,(H,23,25)/t16-/m0/s1. The molecular weight excluding hydrogens is 348 g/mol. The predicted octanol–water partition coefficient (Wildman–Crippen LogP) is 3.89. The molecule has 0 spiro atoms. The minimum absolute atomic E-state index is 0.0913. The lowest BCUT2D eigenvalue weighted by Crippen LogP contribution is -2.47. The van der Waals surface area contributed by atoms with Gasteiger partial charge in [-0.1, -0.05) is 54.1 Å². The monoisotopic (exact) mass is 372 g/mol. The van der Waals surface area contributed by atoms with Gasteiger partial charge >= 0.3 is 0 Å². The van der Waals surface area contributed by atoms with Crippen molar-refractivity contribution in [1.29, 1.82) is 0 Å². The zero-order valence-electron chi connectivity index (χ0n) is 15.0. The number of amides is 1. The third-order valence-electron chi connectivity index (χ3n) is 4.69. The highest BCUT2D eigenvalue weighted by molar-refractivity contribution is 6.32. The van der Waals surface area contributed by atoms with E-state index in [4.69, 9.17) is 16.3 Å². The number of nitrogens with one attached hydrogen (secondary N) is 1. The minimum atomic E-state index is -0.572. The molecule has 0 bridgehead atoms. The lowest BCUT2D eigenvalue weighted by atomic mass is 10.0. The summed E-state index contributed by atoms with van der Waals surface area (Å²) in [5, 5.41) is 3.62. The quantitative estimate of drug-likeness (QED) is 0.836. The van der Waals surface area contributed by atoms with Crippen molar-refractivity contribution in [1.82, 2.24) is 10.2 Å². The molecule has 1 aliphatic rings. The molecule has 138 valence electrons. The van der Waals surface area contributed by atoms with Crippen LogP contribution in [0.3, 0.4) is 0 Å². The van der Waals surface area contributed by atoms with Crippen LogP contribution in [0.5, 0.6) is 5.75 Å². The number of hydrogen-bond donors (Lipinski definition) is 1. The van der Waals surface area contributed by atoms with Gasteiger partial charge in [-0.3, -0.25) is 9.69 Å². The first-order valence-corrected chi connectivity index (χ1v) is 9.47. The zero-order valence-corrected chi connectivity index (χ0v) is 15.8. The van der Waals surface area contributed by atoms with Gasteiger partial charge in [0.05, 0.1) is 5.02 Å². The highest BCUT2D eigenvalue weighted by Gasteiger charge is 2.23. The van der Waals surface area contributed by atoms with Gasteiger partial charge in [0.2, 0.25) is 0 Å². The molecule has 3 rings (SSSR count). The molecule has 5 heteroatoms. The van der Waals surface area contributed by atoms with Crippen molar-refractivity contribution in [3.05, 3.63) is 65.2 Å². The molecule has 1 heterocycles. The molecule has 1 N–H and O–H groups in total. The molecule has 0 aromatic heterocycles. The molecule has 0 unspecified atom stereocenters. The van der Waals surface area contributed by atoms with Crippen LogP contribution >= 0.6 is 11.6 Å². The summed E-state index contributed by atoms with van der Waals surface area (Å²) in [4.78, 5) is 14.8. The van der Waals surface area contributed by atoms with Crippen molar-refractivity contribution in [2.75, 3.05) is 13.1 Å². The topological polar surface area (TPSA) is 41.6 Å². The molecule has 2 aromatic rings. The minimum Gasteiger partial charge on any atom is -0.479 e. The average molecular weight is 373 g/mol. The maximum atomic E-state index is 12.4. The molecule has 2 aromatic carbocycles. The van der Waals surface area contributed by atoms with Crippen molar-refractivity contribution in [2.24, 2.45) is 0 Å². The Morgan fingerprint density at radius 1 is 1.15 bits per heavy atom. The normalized spacial score (nSPS) is 16.8. The molecular formula is C21H25ClN2O2. The van der Waals surface area contributed by atoms with Crippen LogP contribution in [0.15, 0.2) is 54.6 Å². The summed E-state index contributed by atoms with van der Waals surface area (Å²) < 4.78 is 5.69. The molecule has 0 radical (unpaired) electrons. The summed E-state index contributed by atoms with van der Waals surface area (Å²) in [7, 11) is 0. The van der Waals surface area contributed by atoms with Crippen molar-refractivity contribution < 1.29 is 9.53 Å². The number of hydrogen-bond acceptors (Lipinski definition) is 3. The SMILES string of the molecule is C[C@H](Oc1ccccc1Cl)C(=O)NC1CCN(Cc2ccccc2)CC1. The number of benzene rings is 2. The van der Waals surface area contributed by atoms with Gasteiger partial charge in [-0.15, -0.1) is 0 Å². The van der Waals surface area contributed by atoms with E-state index < -0.39 is 6.10 Å². The lowest BCUT2D eigenvalue weighted by Gasteiger charge is -2.32. The third-order valence-corrected chi connectivity index (χ3v) is 5.00. The fourth-order valence-corrected chi connectivity index (χ4v) is 3.36. The van der Waals surface area contributed by atoms with Gasteiger partial charge in [0.15, 0.2) is 6.10 Å². The summed E-state index contributed by atoms with van der Waals surface area (Å²) in [5.41, 5.74) is 1.33. The van der Waals surface area contributed by atoms with E-state index in [1.165, 1.54) is 5.56 Å². The number of para-hydroxylation sites is 1. The molecule has 26 heavy (non-hydrogen) atoms. The Morgan fingerprint density at radius 2 is 1.81 bits per heavy atom. The van der Waals surface area contributed by atoms with E-state index in [0.717, 1.165) is 32.5 Å². The van der Waals surface area contributed by atoms with Gasteiger partial charge in [0.1, 0.15) is 5.75 Å². The highest BCUT2D eigenvalue weighted by atomic mass is 35.5. The van der Waals surface area contributed by atoms with Crippen LogP contribution in [-0.2, 0) is 11.3 Å². The number of nitrogens with zero attached hydrogens (tertiary/aromatic N) is 1. The van der Waals surface area contributed by atoms with Gasteiger partial charge in [-0.2, -0.15) is 0 Å². The first kappa shape index (κ1) is 18.7. The maximum absolute atomic E-state index is 12.4. The summed E-state index contributed by atoms with van der Waals surface area (Å²) in [6.07, 6.45) is 1.34. The van der Waals surface area contributed by atoms with Crippen LogP contribution in [0.25, 0.3) is 0 Å². The Labute approximate surface area is 160 Å². The van der Waals surface area contributed by atoms with Gasteiger partial charge in [-0.05, 0) is 37.5 Å². The molecule has 1 aliphatic heterocycles. The Balaban J connectivity index is 1.43. The molecule has 0 aliphatic carbocycles. The molecule has 1 atom stereocenters. The van der Waals surface area contributed by atoms with Crippen molar-refractivity contribution >= 4 is 17.5 Å². The van der Waals surface area contributed by atoms with E-state index >= 15 is 0 Å². The van der Waals surface area contributed by atoms with Gasteiger partial charge < -0.3 is 10.1 Å². The Bertz CT molecular complexity index is 715. The summed E-state index contributed by atoms with van der Waals surface area (Å²) >= 11 is 6.09. The Hall–Kier alpha value is -2.04. The summed E-state index contributed by atoms with van der Waals surface area (Å²) in [5.74, 6) is 0.445. The largest absolute Gasteiger partial charge is 0.479 e. The Kier molecular flexibility index (Phi) is 6.53. The van der Waals surface area contributed by atoms with Gasteiger partial charge in [-0.25, -0.2) is 0 Å². The van der Waals surface area contributed by atoms with E-state index in [0.29, 0.717) is 10.8 Å². The van der Waals surface area contributed by atoms with E-state index in [1.54, 1.807) is 19.1 Å². The van der Waals surface area contributed by atoms with Crippen LogP contribution in [-0.4, -0.2) is 36.0 Å². The second kappa shape index (κ2) is 9.06. The van der Waals surface area contributed by atoms with E-state index in [1.807, 2.05) is 18.2 Å². The fourth-order valence-electron chi connectivity index (χ4n) is 3.18. The van der Waals surface area contributed by atoms with Crippen molar-refractivity contribution in [3.63, 3.8) is 0 Å². The summed E-state index contributed by atoms with van der Waals surface area (Å²) in [6, 6.07) is 17.9. The molecule has 1 saturated heterocycles. The second-order valence-electron chi connectivity index (χ2n) is 6.74. The van der Waals surface area contributed by atoms with Crippen LogP contribution in [0.2, 0.25) is 5.02 Å². The van der Waals surface area contributed by atoms with E-state index in [2.05, 4.69) is 34.5 Å². The molecule has 1 fully saturated rings. The van der Waals surface area contributed by atoms with Crippen molar-refractivity contribution in [3.8, 4) is 5.75 Å². The average Bonchev–Trinajstić information content (AvgIpc) is 2.66. The molecule has 4 nitrogen and oxygen atoms in total. The maximum Gasteiger partial charge on any atom is 0.260 e.